The molecule has 34 heavy (non-hydrogen) atoms. The normalized spacial score (nSPS) is 11.6. The van der Waals surface area contributed by atoms with Gasteiger partial charge in [-0.1, -0.05) is 121 Å². The fourth-order valence-corrected chi connectivity index (χ4v) is 3.34. The van der Waals surface area contributed by atoms with E-state index in [0.29, 0.717) is 11.4 Å². The van der Waals surface area contributed by atoms with Gasteiger partial charge >= 0.3 is 0 Å². The van der Waals surface area contributed by atoms with Crippen LogP contribution in [0.1, 0.15) is 36.1 Å². The first-order chi connectivity index (χ1) is 16.7. The molecule has 4 heteroatoms. The molecule has 0 bridgehead atoms. The van der Waals surface area contributed by atoms with Gasteiger partial charge in [-0.05, 0) is 13.8 Å². The van der Waals surface area contributed by atoms with E-state index in [1.54, 1.807) is 0 Å². The molecule has 4 rings (SSSR count). The summed E-state index contributed by atoms with van der Waals surface area (Å²) >= 11 is 0. The zero-order chi connectivity index (χ0) is 23.6. The molecular formula is C30H26N4. The van der Waals surface area contributed by atoms with Gasteiger partial charge in [0.1, 0.15) is 11.4 Å². The molecule has 0 aromatic heterocycles. The largest absolute Gasteiger partial charge is 0.153 e. The summed E-state index contributed by atoms with van der Waals surface area (Å²) in [5.41, 5.74) is 7.06. The van der Waals surface area contributed by atoms with Crippen LogP contribution in [0.15, 0.2) is 142 Å². The van der Waals surface area contributed by atoms with Crippen LogP contribution < -0.4 is 0 Å². The van der Waals surface area contributed by atoms with Gasteiger partial charge in [-0.3, -0.25) is 0 Å². The Bertz CT molecular complexity index is 1130. The Morgan fingerprint density at radius 3 is 0.824 bits per heavy atom. The standard InChI is InChI=1S/C30H26N4/c1-23(31-33-29(25-15-7-3-8-16-25)26-17-9-4-10-18-26)24(2)32-34-30(27-19-11-5-12-20-27)28-21-13-6-14-22-28/h3-22H,1-2H3/b31-23-,32-24+. The van der Waals surface area contributed by atoms with Crippen molar-refractivity contribution in [2.45, 2.75) is 13.8 Å². The molecule has 0 spiro atoms. The van der Waals surface area contributed by atoms with Crippen molar-refractivity contribution in [2.75, 3.05) is 0 Å². The van der Waals surface area contributed by atoms with E-state index in [2.05, 4.69) is 20.4 Å². The molecular weight excluding hydrogens is 416 g/mol. The maximum Gasteiger partial charge on any atom is 0.100 e. The van der Waals surface area contributed by atoms with Gasteiger partial charge in [-0.15, -0.1) is 10.2 Å². The van der Waals surface area contributed by atoms with Crippen molar-refractivity contribution in [1.29, 1.82) is 0 Å². The Morgan fingerprint density at radius 2 is 0.588 bits per heavy atom. The molecule has 0 heterocycles. The molecule has 0 fully saturated rings. The molecule has 0 N–H and O–H groups in total. The highest BCUT2D eigenvalue weighted by molar-refractivity contribution is 6.40. The lowest BCUT2D eigenvalue weighted by molar-refractivity contribution is 1.21. The molecule has 0 aliphatic heterocycles. The van der Waals surface area contributed by atoms with E-state index < -0.39 is 0 Å². The third-order valence-corrected chi connectivity index (χ3v) is 5.31. The lowest BCUT2D eigenvalue weighted by atomic mass is 10.0. The molecule has 0 atom stereocenters. The summed E-state index contributed by atoms with van der Waals surface area (Å²) in [5.74, 6) is 0. The number of hydrogen-bond acceptors (Lipinski definition) is 4. The third kappa shape index (κ3) is 5.87. The fraction of sp³-hybridized carbons (Fsp3) is 0.0667. The molecule has 0 aliphatic carbocycles. The minimum absolute atomic E-state index is 0.702. The molecule has 0 unspecified atom stereocenters. The van der Waals surface area contributed by atoms with Crippen LogP contribution in [0.3, 0.4) is 0 Å². The molecule has 0 saturated carbocycles. The van der Waals surface area contributed by atoms with Crippen LogP contribution in [0, 0.1) is 0 Å². The zero-order valence-electron chi connectivity index (χ0n) is 19.3. The van der Waals surface area contributed by atoms with Crippen LogP contribution in [0.2, 0.25) is 0 Å². The van der Waals surface area contributed by atoms with Gasteiger partial charge in [0.25, 0.3) is 0 Å². The Labute approximate surface area is 200 Å². The van der Waals surface area contributed by atoms with E-state index in [1.165, 1.54) is 0 Å². The lowest BCUT2D eigenvalue weighted by Gasteiger charge is -2.06. The van der Waals surface area contributed by atoms with Gasteiger partial charge in [0.05, 0.1) is 11.4 Å². The quantitative estimate of drug-likeness (QED) is 0.223. The Morgan fingerprint density at radius 1 is 0.353 bits per heavy atom. The molecule has 0 radical (unpaired) electrons. The second-order valence-electron chi connectivity index (χ2n) is 7.73. The summed E-state index contributed by atoms with van der Waals surface area (Å²) in [5, 5.41) is 18.2. The van der Waals surface area contributed by atoms with Crippen molar-refractivity contribution in [1.82, 2.24) is 0 Å². The van der Waals surface area contributed by atoms with E-state index in [9.17, 15) is 0 Å². The Hall–Kier alpha value is -4.44. The lowest BCUT2D eigenvalue weighted by Crippen LogP contribution is -2.08. The SMILES string of the molecule is CC(=N/N=C(c1ccccc1)c1ccccc1)/C(C)=N/N=C(c1ccccc1)c1ccccc1. The highest BCUT2D eigenvalue weighted by Crippen LogP contribution is 2.13. The third-order valence-electron chi connectivity index (χ3n) is 5.31. The number of nitrogens with zero attached hydrogens (tertiary/aromatic N) is 4. The molecule has 0 amide bonds. The second kappa shape index (κ2) is 11.4. The van der Waals surface area contributed by atoms with Crippen molar-refractivity contribution < 1.29 is 0 Å². The summed E-state index contributed by atoms with van der Waals surface area (Å²) in [4.78, 5) is 0. The van der Waals surface area contributed by atoms with Crippen LogP contribution in [-0.4, -0.2) is 22.8 Å². The van der Waals surface area contributed by atoms with Gasteiger partial charge < -0.3 is 0 Å². The van der Waals surface area contributed by atoms with Gasteiger partial charge in [0.2, 0.25) is 0 Å². The monoisotopic (exact) mass is 442 g/mol. The number of benzene rings is 4. The summed E-state index contributed by atoms with van der Waals surface area (Å²) in [7, 11) is 0. The molecule has 166 valence electrons. The maximum atomic E-state index is 4.60. The number of rotatable bonds is 7. The predicted molar refractivity (Wildman–Crippen MR) is 143 cm³/mol. The average Bonchev–Trinajstić information content (AvgIpc) is 2.91. The van der Waals surface area contributed by atoms with E-state index in [4.69, 9.17) is 0 Å². The molecule has 0 aliphatic rings. The van der Waals surface area contributed by atoms with E-state index in [-0.39, 0.29) is 0 Å². The number of hydrogen-bond donors (Lipinski definition) is 0. The predicted octanol–water partition coefficient (Wildman–Crippen LogP) is 6.81. The van der Waals surface area contributed by atoms with Crippen LogP contribution in [-0.2, 0) is 0 Å². The van der Waals surface area contributed by atoms with Crippen LogP contribution >= 0.6 is 0 Å². The highest BCUT2D eigenvalue weighted by atomic mass is 15.2. The summed E-state index contributed by atoms with van der Waals surface area (Å²) < 4.78 is 0. The Balaban J connectivity index is 1.68. The smallest absolute Gasteiger partial charge is 0.100 e. The van der Waals surface area contributed by atoms with Crippen molar-refractivity contribution in [2.24, 2.45) is 20.4 Å². The van der Waals surface area contributed by atoms with Gasteiger partial charge in [-0.2, -0.15) is 10.2 Å². The summed E-state index contributed by atoms with van der Waals surface area (Å²) in [6.07, 6.45) is 0. The van der Waals surface area contributed by atoms with E-state index in [0.717, 1.165) is 33.7 Å². The first kappa shape index (κ1) is 22.7. The average molecular weight is 443 g/mol. The molecule has 0 saturated heterocycles. The summed E-state index contributed by atoms with van der Waals surface area (Å²) in [6, 6.07) is 40.3. The first-order valence-electron chi connectivity index (χ1n) is 11.2. The fourth-order valence-electron chi connectivity index (χ4n) is 3.34. The maximum absolute atomic E-state index is 4.60. The van der Waals surface area contributed by atoms with Crippen LogP contribution in [0.25, 0.3) is 0 Å². The highest BCUT2D eigenvalue weighted by Gasteiger charge is 2.08. The first-order valence-corrected chi connectivity index (χ1v) is 11.2. The minimum atomic E-state index is 0.702. The van der Waals surface area contributed by atoms with Gasteiger partial charge in [0, 0.05) is 22.3 Å². The molecule has 4 aromatic rings. The summed E-state index contributed by atoms with van der Waals surface area (Å²) in [6.45, 7) is 3.80. The minimum Gasteiger partial charge on any atom is -0.153 e. The van der Waals surface area contributed by atoms with E-state index >= 15 is 0 Å². The van der Waals surface area contributed by atoms with Crippen LogP contribution in [0.5, 0.6) is 0 Å². The van der Waals surface area contributed by atoms with Crippen molar-refractivity contribution >= 4 is 22.8 Å². The van der Waals surface area contributed by atoms with Crippen molar-refractivity contribution in [3.8, 4) is 0 Å². The zero-order valence-corrected chi connectivity index (χ0v) is 19.3. The van der Waals surface area contributed by atoms with E-state index in [1.807, 2.05) is 135 Å². The molecule has 4 nitrogen and oxygen atoms in total. The van der Waals surface area contributed by atoms with Gasteiger partial charge in [-0.25, -0.2) is 0 Å². The van der Waals surface area contributed by atoms with Crippen LogP contribution in [0.4, 0.5) is 0 Å². The molecule has 4 aromatic carbocycles. The Kier molecular flexibility index (Phi) is 7.65. The van der Waals surface area contributed by atoms with Crippen molar-refractivity contribution in [3.05, 3.63) is 144 Å². The topological polar surface area (TPSA) is 49.4 Å². The second-order valence-corrected chi connectivity index (χ2v) is 7.73. The van der Waals surface area contributed by atoms with Crippen molar-refractivity contribution in [3.63, 3.8) is 0 Å². The van der Waals surface area contributed by atoms with Gasteiger partial charge in [0.15, 0.2) is 0 Å².